The molecule has 20 heavy (non-hydrogen) atoms. The van der Waals surface area contributed by atoms with Crippen molar-refractivity contribution in [1.29, 1.82) is 0 Å². The monoisotopic (exact) mass is 284 g/mol. The zero-order chi connectivity index (χ0) is 15.6. The van der Waals surface area contributed by atoms with Crippen LogP contribution in [0.15, 0.2) is 0 Å². The molecular formula is C17H32O3. The van der Waals surface area contributed by atoms with E-state index in [-0.39, 0.29) is 16.8 Å². The summed E-state index contributed by atoms with van der Waals surface area (Å²) in [5.74, 6) is 0.310. The quantitative estimate of drug-likeness (QED) is 0.730. The van der Waals surface area contributed by atoms with Crippen molar-refractivity contribution in [3.8, 4) is 0 Å². The Bertz CT molecular complexity index is 329. The largest absolute Gasteiger partial charge is 0.465 e. The van der Waals surface area contributed by atoms with Gasteiger partial charge in [0.05, 0.1) is 18.6 Å². The highest BCUT2D eigenvalue weighted by atomic mass is 16.5. The first-order valence-electron chi connectivity index (χ1n) is 7.71. The van der Waals surface area contributed by atoms with Crippen molar-refractivity contribution >= 4 is 5.97 Å². The zero-order valence-electron chi connectivity index (χ0n) is 14.3. The topological polar surface area (TPSA) is 35.5 Å². The molecule has 3 heteroatoms. The van der Waals surface area contributed by atoms with Crippen molar-refractivity contribution in [2.45, 2.75) is 61.3 Å². The lowest BCUT2D eigenvalue weighted by Gasteiger charge is -2.43. The second kappa shape index (κ2) is 6.05. The normalized spacial score (nSPS) is 23.4. The lowest BCUT2D eigenvalue weighted by atomic mass is 9.61. The second-order valence-electron chi connectivity index (χ2n) is 8.65. The molecule has 1 fully saturated rings. The minimum absolute atomic E-state index is 0.0631. The minimum atomic E-state index is -0.468. The van der Waals surface area contributed by atoms with Crippen LogP contribution in [0.2, 0.25) is 0 Å². The van der Waals surface area contributed by atoms with Gasteiger partial charge >= 0.3 is 5.97 Å². The molecule has 0 amide bonds. The molecule has 118 valence electrons. The van der Waals surface area contributed by atoms with Gasteiger partial charge in [-0.1, -0.05) is 41.5 Å². The maximum Gasteiger partial charge on any atom is 0.312 e. The molecule has 0 saturated carbocycles. The molecule has 0 aromatic heterocycles. The Hall–Kier alpha value is -0.570. The van der Waals surface area contributed by atoms with E-state index < -0.39 is 5.41 Å². The molecule has 0 radical (unpaired) electrons. The van der Waals surface area contributed by atoms with Crippen molar-refractivity contribution in [3.63, 3.8) is 0 Å². The first kappa shape index (κ1) is 17.5. The molecule has 1 rings (SSSR count). The molecule has 2 unspecified atom stereocenters. The van der Waals surface area contributed by atoms with Crippen LogP contribution in [0.3, 0.4) is 0 Å². The van der Waals surface area contributed by atoms with Gasteiger partial charge in [-0.15, -0.1) is 0 Å². The lowest BCUT2D eigenvalue weighted by molar-refractivity contribution is -0.166. The highest BCUT2D eigenvalue weighted by Gasteiger charge is 2.47. The maximum atomic E-state index is 12.7. The first-order valence-corrected chi connectivity index (χ1v) is 7.71. The molecule has 3 nitrogen and oxygen atoms in total. The molecule has 0 N–H and O–H groups in total. The summed E-state index contributed by atoms with van der Waals surface area (Å²) in [6, 6.07) is 0. The summed E-state index contributed by atoms with van der Waals surface area (Å²) in [6.45, 7) is 17.0. The molecule has 2 atom stereocenters. The molecule has 0 spiro atoms. The van der Waals surface area contributed by atoms with Crippen LogP contribution in [0.4, 0.5) is 0 Å². The predicted octanol–water partition coefficient (Wildman–Crippen LogP) is 4.05. The van der Waals surface area contributed by atoms with E-state index in [4.69, 9.17) is 9.47 Å². The van der Waals surface area contributed by atoms with E-state index in [1.807, 2.05) is 6.92 Å². The van der Waals surface area contributed by atoms with Crippen LogP contribution in [0.1, 0.15) is 61.3 Å². The Kier molecular flexibility index (Phi) is 5.29. The zero-order valence-corrected chi connectivity index (χ0v) is 14.3. The van der Waals surface area contributed by atoms with Gasteiger partial charge in [0.25, 0.3) is 0 Å². The van der Waals surface area contributed by atoms with E-state index in [2.05, 4.69) is 41.5 Å². The molecule has 0 aromatic rings. The van der Waals surface area contributed by atoms with Gasteiger partial charge in [-0.3, -0.25) is 4.79 Å². The Labute approximate surface area is 124 Å². The fourth-order valence-corrected chi connectivity index (χ4v) is 2.77. The van der Waals surface area contributed by atoms with Crippen molar-refractivity contribution in [2.75, 3.05) is 19.8 Å². The average Bonchev–Trinajstić information content (AvgIpc) is 2.74. The number of carbonyl (C=O) groups is 1. The van der Waals surface area contributed by atoms with Crippen LogP contribution in [-0.4, -0.2) is 25.8 Å². The SMILES string of the molecule is CC(C)(C)CC(C)(C(=O)OCC1CCOC1)C(C)(C)C. The summed E-state index contributed by atoms with van der Waals surface area (Å²) in [6.07, 6.45) is 1.82. The molecule has 1 aliphatic heterocycles. The fourth-order valence-electron chi connectivity index (χ4n) is 2.77. The molecule has 0 aromatic carbocycles. The van der Waals surface area contributed by atoms with Gasteiger partial charge in [-0.25, -0.2) is 0 Å². The van der Waals surface area contributed by atoms with Crippen LogP contribution in [-0.2, 0) is 14.3 Å². The number of carbonyl (C=O) groups excluding carboxylic acids is 1. The number of esters is 1. The third-order valence-corrected chi connectivity index (χ3v) is 4.46. The highest BCUT2D eigenvalue weighted by molar-refractivity contribution is 5.77. The summed E-state index contributed by atoms with van der Waals surface area (Å²) in [4.78, 5) is 12.7. The van der Waals surface area contributed by atoms with E-state index in [0.717, 1.165) is 26.1 Å². The number of rotatable bonds is 4. The van der Waals surface area contributed by atoms with Gasteiger partial charge in [0.15, 0.2) is 0 Å². The Morgan fingerprint density at radius 3 is 2.15 bits per heavy atom. The van der Waals surface area contributed by atoms with E-state index in [1.54, 1.807) is 0 Å². The number of hydrogen-bond donors (Lipinski definition) is 0. The van der Waals surface area contributed by atoms with Gasteiger partial charge in [0.1, 0.15) is 0 Å². The molecule has 0 bridgehead atoms. The number of ether oxygens (including phenoxy) is 2. The van der Waals surface area contributed by atoms with Crippen LogP contribution in [0.25, 0.3) is 0 Å². The highest BCUT2D eigenvalue weighted by Crippen LogP contribution is 2.47. The first-order chi connectivity index (χ1) is 8.96. The van der Waals surface area contributed by atoms with Gasteiger partial charge in [0.2, 0.25) is 0 Å². The summed E-state index contributed by atoms with van der Waals surface area (Å²) < 4.78 is 11.0. The third kappa shape index (κ3) is 4.47. The summed E-state index contributed by atoms with van der Waals surface area (Å²) >= 11 is 0. The van der Waals surface area contributed by atoms with Gasteiger partial charge < -0.3 is 9.47 Å². The number of hydrogen-bond acceptors (Lipinski definition) is 3. The van der Waals surface area contributed by atoms with E-state index >= 15 is 0 Å². The summed E-state index contributed by atoms with van der Waals surface area (Å²) in [7, 11) is 0. The maximum absolute atomic E-state index is 12.7. The van der Waals surface area contributed by atoms with E-state index in [9.17, 15) is 4.79 Å². The van der Waals surface area contributed by atoms with Crippen molar-refractivity contribution in [1.82, 2.24) is 0 Å². The summed E-state index contributed by atoms with van der Waals surface area (Å²) in [5.41, 5.74) is -0.494. The van der Waals surface area contributed by atoms with Gasteiger partial charge in [-0.2, -0.15) is 0 Å². The van der Waals surface area contributed by atoms with Crippen molar-refractivity contribution in [3.05, 3.63) is 0 Å². The lowest BCUT2D eigenvalue weighted by Crippen LogP contribution is -2.44. The van der Waals surface area contributed by atoms with Crippen LogP contribution in [0, 0.1) is 22.2 Å². The van der Waals surface area contributed by atoms with Crippen LogP contribution < -0.4 is 0 Å². The van der Waals surface area contributed by atoms with Crippen molar-refractivity contribution in [2.24, 2.45) is 22.2 Å². The van der Waals surface area contributed by atoms with E-state index in [1.165, 1.54) is 0 Å². The van der Waals surface area contributed by atoms with Gasteiger partial charge in [-0.05, 0) is 30.6 Å². The predicted molar refractivity (Wildman–Crippen MR) is 81.5 cm³/mol. The van der Waals surface area contributed by atoms with E-state index in [0.29, 0.717) is 12.5 Å². The Morgan fingerprint density at radius 2 is 1.75 bits per heavy atom. The molecule has 0 aliphatic carbocycles. The van der Waals surface area contributed by atoms with Crippen LogP contribution >= 0.6 is 0 Å². The Morgan fingerprint density at radius 1 is 1.15 bits per heavy atom. The molecule has 1 heterocycles. The fraction of sp³-hybridized carbons (Fsp3) is 0.941. The smallest absolute Gasteiger partial charge is 0.312 e. The molecular weight excluding hydrogens is 252 g/mol. The molecule has 1 saturated heterocycles. The van der Waals surface area contributed by atoms with Gasteiger partial charge in [0, 0.05) is 12.5 Å². The third-order valence-electron chi connectivity index (χ3n) is 4.46. The minimum Gasteiger partial charge on any atom is -0.465 e. The Balaban J connectivity index is 2.74. The molecule has 1 aliphatic rings. The standard InChI is InChI=1S/C17H32O3/c1-15(2,3)12-17(7,16(4,5)6)14(18)20-11-13-8-9-19-10-13/h13H,8-12H2,1-7H3. The van der Waals surface area contributed by atoms with Crippen molar-refractivity contribution < 1.29 is 14.3 Å². The summed E-state index contributed by atoms with van der Waals surface area (Å²) in [5, 5.41) is 0. The van der Waals surface area contributed by atoms with Crippen LogP contribution in [0.5, 0.6) is 0 Å². The second-order valence-corrected chi connectivity index (χ2v) is 8.65. The average molecular weight is 284 g/mol.